The molecular weight excluding hydrogens is 353 g/mol. The lowest BCUT2D eigenvalue weighted by molar-refractivity contribution is 0.168. The third kappa shape index (κ3) is 5.33. The van der Waals surface area contributed by atoms with E-state index < -0.39 is 12.1 Å². The quantitative estimate of drug-likeness (QED) is 0.693. The molecule has 0 radical (unpaired) electrons. The second kappa shape index (κ2) is 8.42. The van der Waals surface area contributed by atoms with E-state index in [0.29, 0.717) is 33.7 Å². The molecule has 2 rings (SSSR count). The number of halogens is 2. The Kier molecular flexibility index (Phi) is 6.28. The van der Waals surface area contributed by atoms with Gasteiger partial charge in [0.2, 0.25) is 0 Å². The van der Waals surface area contributed by atoms with Crippen LogP contribution in [0, 0.1) is 0 Å². The molecular formula is C16H15Cl2N3O3. The normalized spacial score (nSPS) is 9.96. The minimum atomic E-state index is -0.534. The SMILES string of the molecule is CCOC(=O)Nc1ccc(NC(=O)Nc2ccc(Cl)cc2Cl)cc1. The number of ether oxygens (including phenoxy) is 1. The zero-order chi connectivity index (χ0) is 17.5. The molecule has 0 heterocycles. The molecule has 0 saturated carbocycles. The first-order valence-corrected chi connectivity index (χ1v) is 7.80. The molecule has 0 atom stereocenters. The maximum atomic E-state index is 12.0. The Balaban J connectivity index is 1.93. The monoisotopic (exact) mass is 367 g/mol. The van der Waals surface area contributed by atoms with E-state index in [1.807, 2.05) is 0 Å². The first-order chi connectivity index (χ1) is 11.5. The number of benzene rings is 2. The second-order valence-electron chi connectivity index (χ2n) is 4.63. The Bertz CT molecular complexity index is 736. The number of anilines is 3. The van der Waals surface area contributed by atoms with Gasteiger partial charge < -0.3 is 15.4 Å². The summed E-state index contributed by atoms with van der Waals surface area (Å²) in [5.41, 5.74) is 1.55. The molecule has 8 heteroatoms. The van der Waals surface area contributed by atoms with Crippen LogP contribution >= 0.6 is 23.2 Å². The van der Waals surface area contributed by atoms with E-state index in [0.717, 1.165) is 0 Å². The van der Waals surface area contributed by atoms with Crippen LogP contribution in [0.15, 0.2) is 42.5 Å². The molecule has 126 valence electrons. The number of amides is 3. The summed E-state index contributed by atoms with van der Waals surface area (Å²) in [7, 11) is 0. The van der Waals surface area contributed by atoms with E-state index in [4.69, 9.17) is 27.9 Å². The van der Waals surface area contributed by atoms with Crippen molar-refractivity contribution in [3.05, 3.63) is 52.5 Å². The highest BCUT2D eigenvalue weighted by molar-refractivity contribution is 6.36. The standard InChI is InChI=1S/C16H15Cl2N3O3/c1-2-24-16(23)20-12-6-4-11(5-7-12)19-15(22)21-14-8-3-10(17)9-13(14)18/h3-9H,2H2,1H3,(H,20,23)(H2,19,21,22). The summed E-state index contributed by atoms with van der Waals surface area (Å²) in [4.78, 5) is 23.3. The number of nitrogens with one attached hydrogen (secondary N) is 3. The Morgan fingerprint density at radius 3 is 2.17 bits per heavy atom. The fourth-order valence-corrected chi connectivity index (χ4v) is 2.25. The fraction of sp³-hybridized carbons (Fsp3) is 0.125. The van der Waals surface area contributed by atoms with Crippen LogP contribution in [0.1, 0.15) is 6.92 Å². The van der Waals surface area contributed by atoms with Gasteiger partial charge in [-0.15, -0.1) is 0 Å². The smallest absolute Gasteiger partial charge is 0.411 e. The van der Waals surface area contributed by atoms with Gasteiger partial charge in [-0.1, -0.05) is 23.2 Å². The van der Waals surface area contributed by atoms with Crippen molar-refractivity contribution in [1.82, 2.24) is 0 Å². The van der Waals surface area contributed by atoms with Crippen LogP contribution in [0.2, 0.25) is 10.0 Å². The summed E-state index contributed by atoms with van der Waals surface area (Å²) in [6.45, 7) is 2.01. The molecule has 0 unspecified atom stereocenters. The third-order valence-electron chi connectivity index (χ3n) is 2.84. The van der Waals surface area contributed by atoms with Crippen LogP contribution in [0.3, 0.4) is 0 Å². The lowest BCUT2D eigenvalue weighted by atomic mass is 10.3. The Hall–Kier alpha value is -2.44. The van der Waals surface area contributed by atoms with E-state index >= 15 is 0 Å². The molecule has 0 aromatic heterocycles. The van der Waals surface area contributed by atoms with Gasteiger partial charge in [-0.3, -0.25) is 5.32 Å². The molecule has 0 aliphatic heterocycles. The number of rotatable bonds is 4. The van der Waals surface area contributed by atoms with Crippen molar-refractivity contribution in [1.29, 1.82) is 0 Å². The average molecular weight is 368 g/mol. The van der Waals surface area contributed by atoms with Gasteiger partial charge in [0.15, 0.2) is 0 Å². The topological polar surface area (TPSA) is 79.5 Å². The first-order valence-electron chi connectivity index (χ1n) is 7.05. The van der Waals surface area contributed by atoms with E-state index in [-0.39, 0.29) is 0 Å². The van der Waals surface area contributed by atoms with Crippen LogP contribution < -0.4 is 16.0 Å². The van der Waals surface area contributed by atoms with Gasteiger partial charge in [-0.05, 0) is 49.4 Å². The molecule has 2 aromatic carbocycles. The van der Waals surface area contributed by atoms with Gasteiger partial charge in [0.05, 0.1) is 17.3 Å². The Labute approximate surface area is 149 Å². The molecule has 0 aliphatic rings. The van der Waals surface area contributed by atoms with Crippen molar-refractivity contribution in [3.63, 3.8) is 0 Å². The van der Waals surface area contributed by atoms with Crippen molar-refractivity contribution in [3.8, 4) is 0 Å². The van der Waals surface area contributed by atoms with Crippen LogP contribution in [0.4, 0.5) is 26.7 Å². The number of hydrogen-bond acceptors (Lipinski definition) is 3. The van der Waals surface area contributed by atoms with E-state index in [1.165, 1.54) is 6.07 Å². The highest BCUT2D eigenvalue weighted by Crippen LogP contribution is 2.25. The largest absolute Gasteiger partial charge is 0.450 e. The van der Waals surface area contributed by atoms with Crippen molar-refractivity contribution >= 4 is 52.4 Å². The third-order valence-corrected chi connectivity index (χ3v) is 3.39. The molecule has 2 aromatic rings. The maximum Gasteiger partial charge on any atom is 0.411 e. The Morgan fingerprint density at radius 2 is 1.58 bits per heavy atom. The van der Waals surface area contributed by atoms with Crippen LogP contribution in [0.5, 0.6) is 0 Å². The lowest BCUT2D eigenvalue weighted by Crippen LogP contribution is -2.19. The highest BCUT2D eigenvalue weighted by atomic mass is 35.5. The summed E-state index contributed by atoms with van der Waals surface area (Å²) >= 11 is 11.8. The van der Waals surface area contributed by atoms with E-state index in [9.17, 15) is 9.59 Å². The van der Waals surface area contributed by atoms with Gasteiger partial charge in [-0.2, -0.15) is 0 Å². The number of carbonyl (C=O) groups excluding carboxylic acids is 2. The van der Waals surface area contributed by atoms with Crippen molar-refractivity contribution in [2.75, 3.05) is 22.6 Å². The van der Waals surface area contributed by atoms with Crippen molar-refractivity contribution in [2.45, 2.75) is 6.92 Å². The molecule has 24 heavy (non-hydrogen) atoms. The fourth-order valence-electron chi connectivity index (χ4n) is 1.80. The molecule has 0 aliphatic carbocycles. The maximum absolute atomic E-state index is 12.0. The van der Waals surface area contributed by atoms with Crippen LogP contribution in [0.25, 0.3) is 0 Å². The molecule has 3 amide bonds. The van der Waals surface area contributed by atoms with Crippen LogP contribution in [-0.2, 0) is 4.74 Å². The summed E-state index contributed by atoms with van der Waals surface area (Å²) in [6.07, 6.45) is -0.534. The molecule has 0 fully saturated rings. The summed E-state index contributed by atoms with van der Waals surface area (Å²) in [5, 5.41) is 8.65. The highest BCUT2D eigenvalue weighted by Gasteiger charge is 2.07. The number of hydrogen-bond donors (Lipinski definition) is 3. The molecule has 0 spiro atoms. The van der Waals surface area contributed by atoms with Gasteiger partial charge in [-0.25, -0.2) is 9.59 Å². The Morgan fingerprint density at radius 1 is 0.958 bits per heavy atom. The van der Waals surface area contributed by atoms with Gasteiger partial charge >= 0.3 is 12.1 Å². The van der Waals surface area contributed by atoms with E-state index in [2.05, 4.69) is 16.0 Å². The van der Waals surface area contributed by atoms with Crippen molar-refractivity contribution in [2.24, 2.45) is 0 Å². The first kappa shape index (κ1) is 17.9. The average Bonchev–Trinajstić information content (AvgIpc) is 2.52. The van der Waals surface area contributed by atoms with Crippen LogP contribution in [-0.4, -0.2) is 18.7 Å². The molecule has 0 bridgehead atoms. The summed E-state index contributed by atoms with van der Waals surface area (Å²) < 4.78 is 4.77. The predicted octanol–water partition coefficient (Wildman–Crippen LogP) is 5.21. The van der Waals surface area contributed by atoms with Gasteiger partial charge in [0, 0.05) is 16.4 Å². The minimum Gasteiger partial charge on any atom is -0.450 e. The summed E-state index contributed by atoms with van der Waals surface area (Å²) in [5.74, 6) is 0. The van der Waals surface area contributed by atoms with Gasteiger partial charge in [0.1, 0.15) is 0 Å². The number of carbonyl (C=O) groups is 2. The zero-order valence-electron chi connectivity index (χ0n) is 12.7. The minimum absolute atomic E-state index is 0.291. The molecule has 6 nitrogen and oxygen atoms in total. The van der Waals surface area contributed by atoms with Gasteiger partial charge in [0.25, 0.3) is 0 Å². The second-order valence-corrected chi connectivity index (χ2v) is 5.47. The molecule has 0 saturated heterocycles. The van der Waals surface area contributed by atoms with E-state index in [1.54, 1.807) is 43.3 Å². The van der Waals surface area contributed by atoms with Crippen molar-refractivity contribution < 1.29 is 14.3 Å². The zero-order valence-corrected chi connectivity index (χ0v) is 14.2. The number of urea groups is 1. The summed E-state index contributed by atoms with van der Waals surface area (Å²) in [6, 6.07) is 10.9. The predicted molar refractivity (Wildman–Crippen MR) is 96.2 cm³/mol. The lowest BCUT2D eigenvalue weighted by Gasteiger charge is -2.10. The molecule has 3 N–H and O–H groups in total.